The average molecular weight is 522 g/mol. The molecular weight excluding hydrogens is 490 g/mol. The molecule has 194 valence electrons. The number of carbonyl (C=O) groups excluding carboxylic acids is 3. The minimum Gasteiger partial charge on any atom is -0.482 e. The number of imide groups is 1. The van der Waals surface area contributed by atoms with Gasteiger partial charge in [0.2, 0.25) is 0 Å². The Kier molecular flexibility index (Phi) is 7.11. The lowest BCUT2D eigenvalue weighted by atomic mass is 9.85. The van der Waals surface area contributed by atoms with Crippen LogP contribution in [0.15, 0.2) is 41.3 Å². The molecule has 3 aliphatic rings. The van der Waals surface area contributed by atoms with Crippen molar-refractivity contribution < 1.29 is 23.9 Å². The number of amides is 3. The number of carbonyl (C=O) groups is 3. The molecule has 2 fully saturated rings. The molecule has 0 spiro atoms. The van der Waals surface area contributed by atoms with Crippen LogP contribution in [0.25, 0.3) is 6.08 Å². The highest BCUT2D eigenvalue weighted by atomic mass is 32.2. The van der Waals surface area contributed by atoms with Gasteiger partial charge in [-0.25, -0.2) is 0 Å². The van der Waals surface area contributed by atoms with E-state index >= 15 is 0 Å². The molecule has 37 heavy (non-hydrogen) atoms. The Balaban J connectivity index is 1.46. The van der Waals surface area contributed by atoms with Crippen molar-refractivity contribution in [3.8, 4) is 5.75 Å². The fourth-order valence-corrected chi connectivity index (χ4v) is 5.32. The Hall–Kier alpha value is -3.14. The smallest absolute Gasteiger partial charge is 0.290 e. The van der Waals surface area contributed by atoms with Crippen LogP contribution in [-0.4, -0.2) is 54.9 Å². The molecular formula is C28H31N3O5S. The number of benzene rings is 2. The van der Waals surface area contributed by atoms with Gasteiger partial charge in [0, 0.05) is 19.6 Å². The van der Waals surface area contributed by atoms with Gasteiger partial charge in [0.15, 0.2) is 6.61 Å². The van der Waals surface area contributed by atoms with Gasteiger partial charge in [0.25, 0.3) is 17.1 Å². The molecule has 3 amide bonds. The molecule has 1 N–H and O–H groups in total. The van der Waals surface area contributed by atoms with Gasteiger partial charge in [-0.05, 0) is 57.6 Å². The minimum atomic E-state index is -0.413. The molecule has 8 nitrogen and oxygen atoms in total. The van der Waals surface area contributed by atoms with E-state index in [1.54, 1.807) is 17.0 Å². The van der Waals surface area contributed by atoms with Crippen molar-refractivity contribution in [2.24, 2.45) is 0 Å². The van der Waals surface area contributed by atoms with E-state index in [0.29, 0.717) is 28.5 Å². The fraction of sp³-hybridized carbons (Fsp3) is 0.393. The van der Waals surface area contributed by atoms with E-state index in [2.05, 4.69) is 49.2 Å². The first-order valence-electron chi connectivity index (χ1n) is 12.4. The zero-order valence-corrected chi connectivity index (χ0v) is 22.2. The van der Waals surface area contributed by atoms with Gasteiger partial charge >= 0.3 is 0 Å². The summed E-state index contributed by atoms with van der Waals surface area (Å²) in [5, 5.41) is 1.88. The number of hydrogen-bond donors (Lipinski definition) is 1. The highest BCUT2D eigenvalue weighted by molar-refractivity contribution is 8.18. The van der Waals surface area contributed by atoms with Crippen molar-refractivity contribution in [2.45, 2.75) is 39.3 Å². The first-order valence-corrected chi connectivity index (χ1v) is 13.2. The molecule has 0 bridgehead atoms. The zero-order chi connectivity index (χ0) is 26.2. The summed E-state index contributed by atoms with van der Waals surface area (Å²) in [4.78, 5) is 41.1. The normalized spacial score (nSPS) is 19.7. The van der Waals surface area contributed by atoms with E-state index in [0.717, 1.165) is 50.2 Å². The lowest BCUT2D eigenvalue weighted by molar-refractivity contribution is -0.121. The maximum absolute atomic E-state index is 13.0. The zero-order valence-electron chi connectivity index (χ0n) is 21.3. The second-order valence-electron chi connectivity index (χ2n) is 10.5. The third-order valence-corrected chi connectivity index (χ3v) is 7.45. The molecule has 0 aromatic heterocycles. The van der Waals surface area contributed by atoms with E-state index in [9.17, 15) is 14.4 Å². The van der Waals surface area contributed by atoms with Gasteiger partial charge in [-0.3, -0.25) is 24.6 Å². The van der Waals surface area contributed by atoms with Crippen molar-refractivity contribution in [1.29, 1.82) is 0 Å². The summed E-state index contributed by atoms with van der Waals surface area (Å²) in [6.45, 7) is 11.1. The summed E-state index contributed by atoms with van der Waals surface area (Å²) in [6, 6.07) is 12.1. The lowest BCUT2D eigenvalue weighted by Crippen LogP contribution is -2.38. The molecule has 0 atom stereocenters. The van der Waals surface area contributed by atoms with Gasteiger partial charge < -0.3 is 14.4 Å². The number of fused-ring (bicyclic) bond motifs is 1. The van der Waals surface area contributed by atoms with Gasteiger partial charge in [-0.1, -0.05) is 45.0 Å². The summed E-state index contributed by atoms with van der Waals surface area (Å²) in [7, 11) is 0. The van der Waals surface area contributed by atoms with Crippen LogP contribution in [0.1, 0.15) is 43.0 Å². The van der Waals surface area contributed by atoms with E-state index in [4.69, 9.17) is 9.47 Å². The molecule has 0 radical (unpaired) electrons. The SMILES string of the molecule is CC(C)(C)c1cc(CN2CCOCC2)cc(CN2C(=O)COc3ccc(/C=C4\SC(=O)NC4=O)cc32)c1. The molecule has 0 saturated carbocycles. The summed E-state index contributed by atoms with van der Waals surface area (Å²) in [5.74, 6) is 0.0712. The van der Waals surface area contributed by atoms with E-state index in [1.807, 2.05) is 12.1 Å². The summed E-state index contributed by atoms with van der Waals surface area (Å²) >= 11 is 0.867. The highest BCUT2D eigenvalue weighted by Gasteiger charge is 2.28. The summed E-state index contributed by atoms with van der Waals surface area (Å²) < 4.78 is 11.2. The number of morpholine rings is 1. The minimum absolute atomic E-state index is 0.0280. The van der Waals surface area contributed by atoms with E-state index in [-0.39, 0.29) is 23.2 Å². The van der Waals surface area contributed by atoms with Crippen LogP contribution in [0, 0.1) is 0 Å². The van der Waals surface area contributed by atoms with Crippen LogP contribution < -0.4 is 15.0 Å². The average Bonchev–Trinajstić information content (AvgIpc) is 3.17. The predicted molar refractivity (Wildman–Crippen MR) is 143 cm³/mol. The Morgan fingerprint density at radius 2 is 1.73 bits per heavy atom. The molecule has 2 aromatic carbocycles. The first kappa shape index (κ1) is 25.5. The van der Waals surface area contributed by atoms with Crippen LogP contribution in [0.3, 0.4) is 0 Å². The van der Waals surface area contributed by atoms with E-state index < -0.39 is 5.91 Å². The third-order valence-electron chi connectivity index (χ3n) is 6.63. The molecule has 0 unspecified atom stereocenters. The Labute approximate surface area is 221 Å². The quantitative estimate of drug-likeness (QED) is 0.594. The van der Waals surface area contributed by atoms with Gasteiger partial charge in [-0.2, -0.15) is 0 Å². The predicted octanol–water partition coefficient (Wildman–Crippen LogP) is 4.07. The Morgan fingerprint density at radius 3 is 2.41 bits per heavy atom. The monoisotopic (exact) mass is 521 g/mol. The summed E-state index contributed by atoms with van der Waals surface area (Å²) in [6.07, 6.45) is 1.66. The highest BCUT2D eigenvalue weighted by Crippen LogP contribution is 2.36. The maximum atomic E-state index is 13.0. The van der Waals surface area contributed by atoms with Gasteiger partial charge in [-0.15, -0.1) is 0 Å². The van der Waals surface area contributed by atoms with Gasteiger partial charge in [0.05, 0.1) is 30.4 Å². The molecule has 0 aliphatic carbocycles. The van der Waals surface area contributed by atoms with Crippen LogP contribution >= 0.6 is 11.8 Å². The number of nitrogens with zero attached hydrogens (tertiary/aromatic N) is 2. The maximum Gasteiger partial charge on any atom is 0.290 e. The fourth-order valence-electron chi connectivity index (χ4n) is 4.63. The Bertz CT molecular complexity index is 1280. The van der Waals surface area contributed by atoms with E-state index in [1.165, 1.54) is 11.1 Å². The number of thioether (sulfide) groups is 1. The second kappa shape index (κ2) is 10.3. The number of anilines is 1. The number of rotatable bonds is 5. The lowest BCUT2D eigenvalue weighted by Gasteiger charge is -2.31. The van der Waals surface area contributed by atoms with Crippen molar-refractivity contribution in [2.75, 3.05) is 37.8 Å². The third kappa shape index (κ3) is 5.89. The van der Waals surface area contributed by atoms with Crippen molar-refractivity contribution in [1.82, 2.24) is 10.2 Å². The van der Waals surface area contributed by atoms with Crippen LogP contribution in [-0.2, 0) is 32.8 Å². The van der Waals surface area contributed by atoms with Crippen LogP contribution in [0.2, 0.25) is 0 Å². The number of nitrogens with one attached hydrogen (secondary N) is 1. The standard InChI is InChI=1S/C28H31N3O5S/c1-28(2,3)21-11-19(15-30-6-8-35-9-7-30)10-20(12-21)16-31-22-13-18(4-5-23(22)36-17-25(31)32)14-24-26(33)29-27(34)37-24/h4-5,10-14H,6-9,15-17H2,1-3H3,(H,29,33,34)/b24-14-. The topological polar surface area (TPSA) is 88.2 Å². The number of hydrogen-bond acceptors (Lipinski definition) is 7. The molecule has 5 rings (SSSR count). The van der Waals surface area contributed by atoms with Crippen LogP contribution in [0.5, 0.6) is 5.75 Å². The van der Waals surface area contributed by atoms with Crippen molar-refractivity contribution >= 4 is 40.6 Å². The molecule has 2 saturated heterocycles. The molecule has 2 aromatic rings. The summed E-state index contributed by atoms with van der Waals surface area (Å²) in [5.41, 5.74) is 4.82. The van der Waals surface area contributed by atoms with Crippen LogP contribution in [0.4, 0.5) is 10.5 Å². The van der Waals surface area contributed by atoms with Crippen molar-refractivity contribution in [3.63, 3.8) is 0 Å². The molecule has 3 aliphatic heterocycles. The second-order valence-corrected chi connectivity index (χ2v) is 11.5. The largest absolute Gasteiger partial charge is 0.482 e. The van der Waals surface area contributed by atoms with Gasteiger partial charge in [0.1, 0.15) is 5.75 Å². The Morgan fingerprint density at radius 1 is 1.00 bits per heavy atom. The van der Waals surface area contributed by atoms with Crippen molar-refractivity contribution in [3.05, 3.63) is 63.6 Å². The number of ether oxygens (including phenoxy) is 2. The first-order chi connectivity index (χ1) is 17.7. The molecule has 3 heterocycles. The molecule has 9 heteroatoms.